The van der Waals surface area contributed by atoms with E-state index in [1.165, 1.54) is 4.68 Å². The summed E-state index contributed by atoms with van der Waals surface area (Å²) in [4.78, 5) is 0. The van der Waals surface area contributed by atoms with Crippen LogP contribution < -0.4 is 15.2 Å². The van der Waals surface area contributed by atoms with Gasteiger partial charge in [-0.1, -0.05) is 34.1 Å². The van der Waals surface area contributed by atoms with Crippen molar-refractivity contribution >= 4 is 33.4 Å². The van der Waals surface area contributed by atoms with Crippen molar-refractivity contribution in [2.24, 2.45) is 0 Å². The molecule has 28 heavy (non-hydrogen) atoms. The first-order valence-electron chi connectivity index (χ1n) is 8.17. The van der Waals surface area contributed by atoms with Crippen LogP contribution in [0.5, 0.6) is 11.5 Å². The summed E-state index contributed by atoms with van der Waals surface area (Å²) < 4.78 is 12.9. The van der Waals surface area contributed by atoms with Gasteiger partial charge in [0.15, 0.2) is 11.5 Å². The van der Waals surface area contributed by atoms with Crippen LogP contribution in [0.25, 0.3) is 17.3 Å². The number of rotatable bonds is 3. The Labute approximate surface area is 169 Å². The van der Waals surface area contributed by atoms with Gasteiger partial charge in [0.1, 0.15) is 29.2 Å². The van der Waals surface area contributed by atoms with Gasteiger partial charge in [0.25, 0.3) is 0 Å². The molecule has 2 N–H and O–H groups in total. The van der Waals surface area contributed by atoms with Crippen LogP contribution in [0.3, 0.4) is 0 Å². The molecule has 2 aromatic carbocycles. The molecule has 0 amide bonds. The lowest BCUT2D eigenvalue weighted by atomic mass is 10.1. The minimum atomic E-state index is 0.147. The maximum Gasteiger partial charge on any atom is 0.231 e. The Morgan fingerprint density at radius 3 is 2.57 bits per heavy atom. The molecule has 7 nitrogen and oxygen atoms in total. The van der Waals surface area contributed by atoms with Crippen molar-refractivity contribution in [1.29, 1.82) is 10.5 Å². The molecule has 0 bridgehead atoms. The number of allylic oxidation sites excluding steroid dienone is 1. The highest BCUT2D eigenvalue weighted by Gasteiger charge is 2.21. The second kappa shape index (κ2) is 7.10. The Kier molecular flexibility index (Phi) is 4.48. The maximum absolute atomic E-state index is 9.73. The summed E-state index contributed by atoms with van der Waals surface area (Å²) in [6.07, 6.45) is 1.63. The zero-order valence-electron chi connectivity index (χ0n) is 14.4. The number of nitrogens with zero attached hydrogens (tertiary/aromatic N) is 4. The minimum Gasteiger partial charge on any atom is -0.454 e. The van der Waals surface area contributed by atoms with E-state index in [1.807, 2.05) is 30.3 Å². The molecule has 0 aliphatic carbocycles. The van der Waals surface area contributed by atoms with Crippen LogP contribution in [0.2, 0.25) is 0 Å². The lowest BCUT2D eigenvalue weighted by Gasteiger charge is -2.03. The second-order valence-electron chi connectivity index (χ2n) is 5.86. The number of nitriles is 2. The van der Waals surface area contributed by atoms with Gasteiger partial charge in [0.05, 0.1) is 11.3 Å². The summed E-state index contributed by atoms with van der Waals surface area (Å²) in [5.41, 5.74) is 8.09. The number of para-hydroxylation sites is 1. The van der Waals surface area contributed by atoms with Crippen molar-refractivity contribution in [3.63, 3.8) is 0 Å². The van der Waals surface area contributed by atoms with E-state index < -0.39 is 0 Å². The van der Waals surface area contributed by atoms with Gasteiger partial charge < -0.3 is 15.2 Å². The van der Waals surface area contributed by atoms with Crippen molar-refractivity contribution < 1.29 is 9.47 Å². The number of nitrogens with two attached hydrogens (primary N) is 1. The highest BCUT2D eigenvalue weighted by Crippen LogP contribution is 2.38. The van der Waals surface area contributed by atoms with E-state index in [1.54, 1.807) is 18.2 Å². The number of fused-ring (bicyclic) bond motifs is 1. The van der Waals surface area contributed by atoms with Crippen LogP contribution in [0.1, 0.15) is 16.8 Å². The Bertz CT molecular complexity index is 1190. The molecule has 0 radical (unpaired) electrons. The average Bonchev–Trinajstić information content (AvgIpc) is 3.30. The molecule has 1 aliphatic rings. The van der Waals surface area contributed by atoms with E-state index in [9.17, 15) is 10.5 Å². The number of ether oxygens (including phenoxy) is 2. The summed E-state index contributed by atoms with van der Waals surface area (Å²) in [6.45, 7) is 0.149. The van der Waals surface area contributed by atoms with Crippen molar-refractivity contribution in [1.82, 2.24) is 9.78 Å². The summed E-state index contributed by atoms with van der Waals surface area (Å²) in [6, 6.07) is 16.9. The Balaban J connectivity index is 1.85. The molecule has 0 unspecified atom stereocenters. The normalized spacial score (nSPS) is 12.5. The first-order chi connectivity index (χ1) is 13.6. The number of hydrogen-bond acceptors (Lipinski definition) is 6. The topological polar surface area (TPSA) is 110 Å². The van der Waals surface area contributed by atoms with E-state index in [-0.39, 0.29) is 29.4 Å². The summed E-state index contributed by atoms with van der Waals surface area (Å²) in [5, 5.41) is 23.7. The van der Waals surface area contributed by atoms with Gasteiger partial charge in [-0.25, -0.2) is 4.68 Å². The monoisotopic (exact) mass is 433 g/mol. The van der Waals surface area contributed by atoms with Crippen LogP contribution in [0, 0.1) is 22.7 Å². The lowest BCUT2D eigenvalue weighted by Crippen LogP contribution is -2.02. The molecule has 0 atom stereocenters. The van der Waals surface area contributed by atoms with E-state index in [2.05, 4.69) is 33.2 Å². The van der Waals surface area contributed by atoms with Crippen molar-refractivity contribution in [3.05, 3.63) is 63.8 Å². The molecular formula is C20H12BrN5O2. The van der Waals surface area contributed by atoms with Crippen molar-refractivity contribution in [3.8, 4) is 29.3 Å². The van der Waals surface area contributed by atoms with Gasteiger partial charge in [0.2, 0.25) is 6.79 Å². The molecule has 8 heteroatoms. The fourth-order valence-electron chi connectivity index (χ4n) is 2.85. The largest absolute Gasteiger partial charge is 0.454 e. The molecule has 1 aliphatic heterocycles. The lowest BCUT2D eigenvalue weighted by molar-refractivity contribution is 0.174. The molecule has 0 saturated carbocycles. The van der Waals surface area contributed by atoms with Crippen LogP contribution >= 0.6 is 15.9 Å². The molecule has 0 fully saturated rings. The molecule has 136 valence electrons. The average molecular weight is 434 g/mol. The molecule has 4 rings (SSSR count). The number of benzene rings is 2. The van der Waals surface area contributed by atoms with Gasteiger partial charge in [-0.05, 0) is 35.9 Å². The molecule has 0 saturated heterocycles. The standard InChI is InChI=1S/C20H12BrN5O2/c21-16-8-18-17(27-11-28-18)7-12(16)6-13(9-22)19-15(10-23)20(24)26(25-19)14-4-2-1-3-5-14/h1-8H,11,24H2/b13-6+. The highest BCUT2D eigenvalue weighted by molar-refractivity contribution is 9.10. The SMILES string of the molecule is N#C/C(=C\c1cc2c(cc1Br)OCO2)c1nn(-c2ccccc2)c(N)c1C#N. The van der Waals surface area contributed by atoms with Crippen LogP contribution in [-0.4, -0.2) is 16.6 Å². The summed E-state index contributed by atoms with van der Waals surface area (Å²) in [7, 11) is 0. The van der Waals surface area contributed by atoms with Gasteiger partial charge >= 0.3 is 0 Å². The number of anilines is 1. The van der Waals surface area contributed by atoms with Gasteiger partial charge in [0, 0.05) is 4.47 Å². The summed E-state index contributed by atoms with van der Waals surface area (Å²) in [5.74, 6) is 1.38. The quantitative estimate of drug-likeness (QED) is 0.627. The number of halogens is 1. The minimum absolute atomic E-state index is 0.147. The van der Waals surface area contributed by atoms with Gasteiger partial charge in [-0.3, -0.25) is 0 Å². The Hall–Kier alpha value is -3.75. The number of nitrogen functional groups attached to an aromatic ring is 1. The number of aromatic nitrogens is 2. The fourth-order valence-corrected chi connectivity index (χ4v) is 3.29. The predicted molar refractivity (Wildman–Crippen MR) is 106 cm³/mol. The van der Waals surface area contributed by atoms with Crippen molar-refractivity contribution in [2.45, 2.75) is 0 Å². The third-order valence-corrected chi connectivity index (χ3v) is 4.89. The zero-order valence-corrected chi connectivity index (χ0v) is 16.0. The van der Waals surface area contributed by atoms with Crippen LogP contribution in [0.4, 0.5) is 5.82 Å². The molecule has 2 heterocycles. The first kappa shape index (κ1) is 17.7. The predicted octanol–water partition coefficient (Wildman–Crippen LogP) is 3.88. The van der Waals surface area contributed by atoms with Gasteiger partial charge in [-0.2, -0.15) is 15.6 Å². The van der Waals surface area contributed by atoms with Crippen LogP contribution in [-0.2, 0) is 0 Å². The molecule has 0 spiro atoms. The van der Waals surface area contributed by atoms with E-state index in [0.29, 0.717) is 22.7 Å². The Morgan fingerprint density at radius 2 is 1.89 bits per heavy atom. The fraction of sp³-hybridized carbons (Fsp3) is 0.0500. The van der Waals surface area contributed by atoms with Gasteiger partial charge in [-0.15, -0.1) is 0 Å². The van der Waals surface area contributed by atoms with E-state index >= 15 is 0 Å². The smallest absolute Gasteiger partial charge is 0.231 e. The Morgan fingerprint density at radius 1 is 1.18 bits per heavy atom. The summed E-state index contributed by atoms with van der Waals surface area (Å²) >= 11 is 3.47. The van der Waals surface area contributed by atoms with E-state index in [4.69, 9.17) is 15.2 Å². The zero-order chi connectivity index (χ0) is 19.7. The third kappa shape index (κ3) is 2.96. The number of hydrogen-bond donors (Lipinski definition) is 1. The molecule has 1 aromatic heterocycles. The maximum atomic E-state index is 9.73. The first-order valence-corrected chi connectivity index (χ1v) is 8.97. The van der Waals surface area contributed by atoms with Crippen molar-refractivity contribution in [2.75, 3.05) is 12.5 Å². The molecule has 3 aromatic rings. The third-order valence-electron chi connectivity index (χ3n) is 4.20. The molecular weight excluding hydrogens is 422 g/mol. The van der Waals surface area contributed by atoms with Crippen LogP contribution in [0.15, 0.2) is 46.9 Å². The second-order valence-corrected chi connectivity index (χ2v) is 6.72. The highest BCUT2D eigenvalue weighted by atomic mass is 79.9. The van der Waals surface area contributed by atoms with E-state index in [0.717, 1.165) is 4.47 Å².